The molecule has 0 atom stereocenters. The molecule has 0 bridgehead atoms. The van der Waals surface area contributed by atoms with Crippen LogP contribution < -0.4 is 5.73 Å². The van der Waals surface area contributed by atoms with Crippen molar-refractivity contribution in [1.82, 2.24) is 9.78 Å². The van der Waals surface area contributed by atoms with E-state index >= 15 is 0 Å². The third-order valence-electron chi connectivity index (χ3n) is 3.71. The van der Waals surface area contributed by atoms with Crippen molar-refractivity contribution in [2.45, 2.75) is 18.8 Å². The Labute approximate surface area is 131 Å². The van der Waals surface area contributed by atoms with Crippen LogP contribution in [0.25, 0.3) is 10.5 Å². The predicted octanol–water partition coefficient (Wildman–Crippen LogP) is 3.66. The Morgan fingerprint density at radius 3 is 2.57 bits per heavy atom. The highest BCUT2D eigenvalue weighted by Crippen LogP contribution is 2.37. The van der Waals surface area contributed by atoms with Crippen LogP contribution in [0, 0.1) is 6.57 Å². The minimum Gasteiger partial charge on any atom is -0.404 e. The molecule has 1 aromatic carbocycles. The lowest BCUT2D eigenvalue weighted by atomic mass is 9.96. The summed E-state index contributed by atoms with van der Waals surface area (Å²) in [5.41, 5.74) is 8.33. The van der Waals surface area contributed by atoms with E-state index in [2.05, 4.69) is 25.9 Å². The molecule has 3 rings (SSSR count). The average Bonchev–Trinajstić information content (AvgIpc) is 2.85. The van der Waals surface area contributed by atoms with E-state index in [1.54, 1.807) is 4.68 Å². The highest BCUT2D eigenvalue weighted by atomic mass is 79.9. The fourth-order valence-corrected chi connectivity index (χ4v) is 2.84. The molecule has 1 aliphatic heterocycles. The summed E-state index contributed by atoms with van der Waals surface area (Å²) in [6.07, 6.45) is 1.80. The van der Waals surface area contributed by atoms with Crippen LogP contribution in [-0.2, 0) is 4.74 Å². The maximum absolute atomic E-state index is 7.39. The van der Waals surface area contributed by atoms with E-state index in [-0.39, 0.29) is 5.92 Å². The fourth-order valence-electron chi connectivity index (χ4n) is 2.58. The second-order valence-corrected chi connectivity index (χ2v) is 5.92. The molecule has 0 spiro atoms. The highest BCUT2D eigenvalue weighted by molar-refractivity contribution is 9.10. The molecular weight excluding hydrogens is 332 g/mol. The standard InChI is InChI=1S/C15H15BrN4O/c1-18-15-13(17)14(10-6-8-21-9-7-10)19-20(15)12-4-2-11(16)3-5-12/h2-5,10H,6-9,17H2. The first kappa shape index (κ1) is 14.1. The molecule has 0 saturated carbocycles. The molecule has 0 radical (unpaired) electrons. The minimum atomic E-state index is 0.274. The summed E-state index contributed by atoms with van der Waals surface area (Å²) in [6, 6.07) is 7.68. The molecule has 1 saturated heterocycles. The molecule has 1 aliphatic rings. The van der Waals surface area contributed by atoms with Gasteiger partial charge in [-0.15, -0.1) is 0 Å². The van der Waals surface area contributed by atoms with Crippen LogP contribution in [0.5, 0.6) is 0 Å². The smallest absolute Gasteiger partial charge is 0.280 e. The first-order chi connectivity index (χ1) is 10.2. The number of nitrogens with zero attached hydrogens (tertiary/aromatic N) is 3. The first-order valence-electron chi connectivity index (χ1n) is 6.80. The number of aromatic nitrogens is 2. The maximum Gasteiger partial charge on any atom is 0.280 e. The second-order valence-electron chi connectivity index (χ2n) is 5.01. The normalized spacial score (nSPS) is 15.8. The molecule has 1 aromatic heterocycles. The van der Waals surface area contributed by atoms with Gasteiger partial charge in [-0.3, -0.25) is 0 Å². The molecule has 1 fully saturated rings. The van der Waals surface area contributed by atoms with Gasteiger partial charge in [0.2, 0.25) is 0 Å². The van der Waals surface area contributed by atoms with Gasteiger partial charge in [-0.05, 0) is 37.1 Å². The Morgan fingerprint density at radius 1 is 1.29 bits per heavy atom. The van der Waals surface area contributed by atoms with Crippen molar-refractivity contribution in [3.63, 3.8) is 0 Å². The van der Waals surface area contributed by atoms with Crippen LogP contribution in [0.2, 0.25) is 0 Å². The fraction of sp³-hybridized carbons (Fsp3) is 0.333. The topological polar surface area (TPSA) is 57.4 Å². The van der Waals surface area contributed by atoms with Gasteiger partial charge in [0.1, 0.15) is 5.69 Å². The maximum atomic E-state index is 7.39. The van der Waals surface area contributed by atoms with E-state index in [0.717, 1.165) is 41.9 Å². The molecule has 0 amide bonds. The number of anilines is 1. The molecule has 0 unspecified atom stereocenters. The Kier molecular flexibility index (Phi) is 3.95. The number of halogens is 1. The van der Waals surface area contributed by atoms with Crippen molar-refractivity contribution >= 4 is 27.4 Å². The molecular formula is C15H15BrN4O. The van der Waals surface area contributed by atoms with E-state index in [0.29, 0.717) is 11.5 Å². The van der Waals surface area contributed by atoms with Gasteiger partial charge in [-0.2, -0.15) is 4.68 Å². The van der Waals surface area contributed by atoms with Crippen molar-refractivity contribution in [3.8, 4) is 5.69 Å². The van der Waals surface area contributed by atoms with Gasteiger partial charge in [-0.25, -0.2) is 0 Å². The molecule has 2 N–H and O–H groups in total. The number of nitrogens with two attached hydrogens (primary N) is 1. The Bertz CT molecular complexity index is 681. The second kappa shape index (κ2) is 5.88. The Hall–Kier alpha value is -1.84. The van der Waals surface area contributed by atoms with Gasteiger partial charge < -0.3 is 15.3 Å². The average molecular weight is 347 g/mol. The monoisotopic (exact) mass is 346 g/mol. The van der Waals surface area contributed by atoms with Crippen molar-refractivity contribution < 1.29 is 4.74 Å². The quantitative estimate of drug-likeness (QED) is 0.844. The van der Waals surface area contributed by atoms with Gasteiger partial charge >= 0.3 is 0 Å². The van der Waals surface area contributed by atoms with Gasteiger partial charge in [0.25, 0.3) is 5.82 Å². The SMILES string of the molecule is [C-]#[N+]c1c(N)c(C2CCOCC2)nn1-c1ccc(Br)cc1. The number of rotatable bonds is 2. The van der Waals surface area contributed by atoms with Gasteiger partial charge in [0, 0.05) is 23.6 Å². The summed E-state index contributed by atoms with van der Waals surface area (Å²) in [6.45, 7) is 8.84. The van der Waals surface area contributed by atoms with Crippen molar-refractivity contribution in [3.05, 3.63) is 45.8 Å². The first-order valence-corrected chi connectivity index (χ1v) is 7.59. The molecule has 0 aliphatic carbocycles. The lowest BCUT2D eigenvalue weighted by molar-refractivity contribution is 0.0845. The van der Waals surface area contributed by atoms with E-state index in [1.165, 1.54) is 0 Å². The molecule has 6 heteroatoms. The zero-order valence-corrected chi connectivity index (χ0v) is 13.0. The molecule has 108 valence electrons. The zero-order valence-electron chi connectivity index (χ0n) is 11.4. The number of hydrogen-bond acceptors (Lipinski definition) is 3. The Balaban J connectivity index is 2.05. The third-order valence-corrected chi connectivity index (χ3v) is 4.24. The highest BCUT2D eigenvalue weighted by Gasteiger charge is 2.26. The lowest BCUT2D eigenvalue weighted by Crippen LogP contribution is -2.15. The molecule has 2 aromatic rings. The van der Waals surface area contributed by atoms with Gasteiger partial charge in [-0.1, -0.05) is 27.6 Å². The number of nitrogen functional groups attached to an aromatic ring is 1. The van der Waals surface area contributed by atoms with Crippen LogP contribution in [0.4, 0.5) is 11.5 Å². The minimum absolute atomic E-state index is 0.274. The molecule has 21 heavy (non-hydrogen) atoms. The van der Waals surface area contributed by atoms with Crippen molar-refractivity contribution in [1.29, 1.82) is 0 Å². The Morgan fingerprint density at radius 2 is 1.95 bits per heavy atom. The summed E-state index contributed by atoms with van der Waals surface area (Å²) in [5.74, 6) is 0.662. The van der Waals surface area contributed by atoms with Crippen LogP contribution in [0.15, 0.2) is 28.7 Å². The summed E-state index contributed by atoms with van der Waals surface area (Å²) < 4.78 is 8.01. The molecule has 5 nitrogen and oxygen atoms in total. The predicted molar refractivity (Wildman–Crippen MR) is 84.7 cm³/mol. The van der Waals surface area contributed by atoms with E-state index in [1.807, 2.05) is 24.3 Å². The van der Waals surface area contributed by atoms with E-state index in [4.69, 9.17) is 17.0 Å². The van der Waals surface area contributed by atoms with Crippen LogP contribution in [0.1, 0.15) is 24.5 Å². The molecule has 2 heterocycles. The van der Waals surface area contributed by atoms with Crippen LogP contribution in [-0.4, -0.2) is 23.0 Å². The largest absolute Gasteiger partial charge is 0.404 e. The van der Waals surface area contributed by atoms with Crippen LogP contribution >= 0.6 is 15.9 Å². The van der Waals surface area contributed by atoms with Crippen LogP contribution in [0.3, 0.4) is 0 Å². The van der Waals surface area contributed by atoms with Crippen molar-refractivity contribution in [2.24, 2.45) is 0 Å². The number of ether oxygens (including phenoxy) is 1. The van der Waals surface area contributed by atoms with Gasteiger partial charge in [0.05, 0.1) is 11.4 Å². The summed E-state index contributed by atoms with van der Waals surface area (Å²) in [4.78, 5) is 3.57. The zero-order chi connectivity index (χ0) is 14.8. The summed E-state index contributed by atoms with van der Waals surface area (Å²) in [7, 11) is 0. The summed E-state index contributed by atoms with van der Waals surface area (Å²) in [5, 5.41) is 4.61. The van der Waals surface area contributed by atoms with E-state index in [9.17, 15) is 0 Å². The number of benzene rings is 1. The van der Waals surface area contributed by atoms with Crippen molar-refractivity contribution in [2.75, 3.05) is 18.9 Å². The summed E-state index contributed by atoms with van der Waals surface area (Å²) >= 11 is 3.41. The van der Waals surface area contributed by atoms with E-state index < -0.39 is 0 Å². The third kappa shape index (κ3) is 2.67. The number of hydrogen-bond donors (Lipinski definition) is 1. The lowest BCUT2D eigenvalue weighted by Gasteiger charge is -2.20. The van der Waals surface area contributed by atoms with Gasteiger partial charge in [0.15, 0.2) is 0 Å².